The van der Waals surface area contributed by atoms with E-state index in [-0.39, 0.29) is 24.0 Å². The first-order chi connectivity index (χ1) is 7.95. The van der Waals surface area contributed by atoms with E-state index < -0.39 is 6.10 Å². The van der Waals surface area contributed by atoms with Gasteiger partial charge in [0.1, 0.15) is 6.10 Å². The van der Waals surface area contributed by atoms with Gasteiger partial charge in [-0.1, -0.05) is 20.8 Å². The molecule has 17 heavy (non-hydrogen) atoms. The van der Waals surface area contributed by atoms with Gasteiger partial charge in [0, 0.05) is 25.7 Å². The van der Waals surface area contributed by atoms with E-state index in [1.165, 1.54) is 0 Å². The van der Waals surface area contributed by atoms with Gasteiger partial charge in [0.15, 0.2) is 0 Å². The molecule has 0 aromatic rings. The van der Waals surface area contributed by atoms with E-state index >= 15 is 0 Å². The van der Waals surface area contributed by atoms with Crippen LogP contribution in [0.25, 0.3) is 0 Å². The van der Waals surface area contributed by atoms with Gasteiger partial charge in [-0.25, -0.2) is 0 Å². The number of carbonyl (C=O) groups excluding carboxylic acids is 1. The van der Waals surface area contributed by atoms with Crippen LogP contribution in [0.15, 0.2) is 0 Å². The second kappa shape index (κ2) is 6.33. The average Bonchev–Trinajstić information content (AvgIpc) is 2.28. The summed E-state index contributed by atoms with van der Waals surface area (Å²) < 4.78 is 5.39. The van der Waals surface area contributed by atoms with E-state index in [0.717, 1.165) is 6.54 Å². The summed E-state index contributed by atoms with van der Waals surface area (Å²) in [5.74, 6) is -0.0921. The predicted octanol–water partition coefficient (Wildman–Crippen LogP) is -0.112. The van der Waals surface area contributed by atoms with E-state index in [1.807, 2.05) is 20.8 Å². The average molecular weight is 244 g/mol. The summed E-state index contributed by atoms with van der Waals surface area (Å²) in [5, 5.41) is 15.1. The zero-order valence-corrected chi connectivity index (χ0v) is 11.0. The first-order valence-electron chi connectivity index (χ1n) is 6.18. The number of carbonyl (C=O) groups is 1. The number of aliphatic hydroxyl groups excluding tert-OH is 1. The smallest absolute Gasteiger partial charge is 0.250 e. The van der Waals surface area contributed by atoms with Crippen LogP contribution < -0.4 is 10.6 Å². The lowest BCUT2D eigenvalue weighted by molar-refractivity contribution is -0.135. The van der Waals surface area contributed by atoms with Crippen molar-refractivity contribution in [2.24, 2.45) is 5.41 Å². The predicted molar refractivity (Wildman–Crippen MR) is 65.7 cm³/mol. The van der Waals surface area contributed by atoms with Crippen LogP contribution in [0.4, 0.5) is 0 Å². The molecule has 0 aliphatic carbocycles. The summed E-state index contributed by atoms with van der Waals surface area (Å²) in [6, 6.07) is -0.0365. The van der Waals surface area contributed by atoms with Crippen LogP contribution in [0, 0.1) is 5.41 Å². The fourth-order valence-corrected chi connectivity index (χ4v) is 1.85. The molecule has 100 valence electrons. The Balaban J connectivity index is 2.51. The van der Waals surface area contributed by atoms with Crippen LogP contribution in [0.2, 0.25) is 0 Å². The Morgan fingerprint density at radius 3 is 2.76 bits per heavy atom. The van der Waals surface area contributed by atoms with Crippen molar-refractivity contribution in [1.29, 1.82) is 0 Å². The van der Waals surface area contributed by atoms with E-state index in [2.05, 4.69) is 10.6 Å². The normalized spacial score (nSPS) is 23.2. The largest absolute Gasteiger partial charge is 0.396 e. The van der Waals surface area contributed by atoms with Crippen molar-refractivity contribution in [3.05, 3.63) is 0 Å². The topological polar surface area (TPSA) is 70.6 Å². The SMILES string of the molecule is CC(C)(C)C(CCO)NC(=O)C1CNCCO1. The minimum Gasteiger partial charge on any atom is -0.396 e. The second-order valence-electron chi connectivity index (χ2n) is 5.50. The highest BCUT2D eigenvalue weighted by Crippen LogP contribution is 2.21. The highest BCUT2D eigenvalue weighted by Gasteiger charge is 2.29. The molecular weight excluding hydrogens is 220 g/mol. The van der Waals surface area contributed by atoms with Gasteiger partial charge in [-0.15, -0.1) is 0 Å². The summed E-state index contributed by atoms with van der Waals surface area (Å²) in [5.41, 5.74) is -0.0690. The molecule has 3 N–H and O–H groups in total. The lowest BCUT2D eigenvalue weighted by atomic mass is 9.85. The highest BCUT2D eigenvalue weighted by atomic mass is 16.5. The van der Waals surface area contributed by atoms with E-state index in [4.69, 9.17) is 9.84 Å². The van der Waals surface area contributed by atoms with Gasteiger partial charge in [0.05, 0.1) is 6.61 Å². The molecule has 0 aromatic heterocycles. The Morgan fingerprint density at radius 2 is 2.29 bits per heavy atom. The third kappa shape index (κ3) is 4.61. The number of hydrogen-bond acceptors (Lipinski definition) is 4. The lowest BCUT2D eigenvalue weighted by Crippen LogP contribution is -2.53. The first kappa shape index (κ1) is 14.4. The van der Waals surface area contributed by atoms with Crippen molar-refractivity contribution in [2.75, 3.05) is 26.3 Å². The molecule has 2 atom stereocenters. The third-order valence-electron chi connectivity index (χ3n) is 3.00. The van der Waals surface area contributed by atoms with Crippen molar-refractivity contribution in [3.8, 4) is 0 Å². The quantitative estimate of drug-likeness (QED) is 0.645. The van der Waals surface area contributed by atoms with Crippen molar-refractivity contribution in [2.45, 2.75) is 39.3 Å². The second-order valence-corrected chi connectivity index (χ2v) is 5.50. The van der Waals surface area contributed by atoms with Gasteiger partial charge in [0.25, 0.3) is 5.91 Å². The molecule has 0 aromatic carbocycles. The van der Waals surface area contributed by atoms with Crippen molar-refractivity contribution in [1.82, 2.24) is 10.6 Å². The van der Waals surface area contributed by atoms with Crippen LogP contribution in [0.5, 0.6) is 0 Å². The molecule has 1 saturated heterocycles. The summed E-state index contributed by atoms with van der Waals surface area (Å²) >= 11 is 0. The van der Waals surface area contributed by atoms with E-state index in [0.29, 0.717) is 19.6 Å². The molecule has 5 heteroatoms. The van der Waals surface area contributed by atoms with Crippen molar-refractivity contribution in [3.63, 3.8) is 0 Å². The van der Waals surface area contributed by atoms with Gasteiger partial charge >= 0.3 is 0 Å². The Bertz CT molecular complexity index is 245. The number of nitrogens with one attached hydrogen (secondary N) is 2. The monoisotopic (exact) mass is 244 g/mol. The molecule has 0 saturated carbocycles. The first-order valence-corrected chi connectivity index (χ1v) is 6.18. The molecular formula is C12H24N2O3. The number of morpholine rings is 1. The van der Waals surface area contributed by atoms with Gasteiger partial charge in [-0.3, -0.25) is 4.79 Å². The minimum atomic E-state index is -0.410. The van der Waals surface area contributed by atoms with Gasteiger partial charge < -0.3 is 20.5 Å². The highest BCUT2D eigenvalue weighted by molar-refractivity contribution is 5.81. The molecule has 1 aliphatic rings. The number of hydrogen-bond donors (Lipinski definition) is 3. The maximum Gasteiger partial charge on any atom is 0.250 e. The molecule has 0 spiro atoms. The standard InChI is InChI=1S/C12H24N2O3/c1-12(2,3)10(4-6-15)14-11(16)9-8-13-5-7-17-9/h9-10,13,15H,4-8H2,1-3H3,(H,14,16). The molecule has 0 radical (unpaired) electrons. The van der Waals surface area contributed by atoms with Crippen LogP contribution >= 0.6 is 0 Å². The molecule has 1 rings (SSSR count). The minimum absolute atomic E-state index is 0.0365. The molecule has 1 aliphatic heterocycles. The van der Waals surface area contributed by atoms with E-state index in [9.17, 15) is 4.79 Å². The number of rotatable bonds is 4. The number of ether oxygens (including phenoxy) is 1. The third-order valence-corrected chi connectivity index (χ3v) is 3.00. The summed E-state index contributed by atoms with van der Waals surface area (Å²) in [4.78, 5) is 12.0. The maximum absolute atomic E-state index is 12.0. The number of aliphatic hydroxyl groups is 1. The van der Waals surface area contributed by atoms with Gasteiger partial charge in [-0.05, 0) is 11.8 Å². The Hall–Kier alpha value is -0.650. The van der Waals surface area contributed by atoms with Crippen LogP contribution in [-0.4, -0.2) is 49.5 Å². The maximum atomic E-state index is 12.0. The fraction of sp³-hybridized carbons (Fsp3) is 0.917. The van der Waals surface area contributed by atoms with Gasteiger partial charge in [0.2, 0.25) is 0 Å². The Kier molecular flexibility index (Phi) is 5.36. The molecule has 5 nitrogen and oxygen atoms in total. The van der Waals surface area contributed by atoms with Crippen molar-refractivity contribution < 1.29 is 14.6 Å². The summed E-state index contributed by atoms with van der Waals surface area (Å²) in [6.45, 7) is 8.14. The lowest BCUT2D eigenvalue weighted by Gasteiger charge is -2.33. The number of amides is 1. The zero-order chi connectivity index (χ0) is 12.9. The zero-order valence-electron chi connectivity index (χ0n) is 11.0. The van der Waals surface area contributed by atoms with E-state index in [1.54, 1.807) is 0 Å². The van der Waals surface area contributed by atoms with Crippen LogP contribution in [0.1, 0.15) is 27.2 Å². The van der Waals surface area contributed by atoms with Gasteiger partial charge in [-0.2, -0.15) is 0 Å². The molecule has 0 bridgehead atoms. The molecule has 1 amide bonds. The molecule has 2 unspecified atom stereocenters. The molecule has 1 heterocycles. The van der Waals surface area contributed by atoms with Crippen molar-refractivity contribution >= 4 is 5.91 Å². The summed E-state index contributed by atoms with van der Waals surface area (Å²) in [6.07, 6.45) is 0.155. The Morgan fingerprint density at radius 1 is 1.59 bits per heavy atom. The summed E-state index contributed by atoms with van der Waals surface area (Å²) in [7, 11) is 0. The molecule has 1 fully saturated rings. The van der Waals surface area contributed by atoms with Crippen LogP contribution in [-0.2, 0) is 9.53 Å². The fourth-order valence-electron chi connectivity index (χ4n) is 1.85. The Labute approximate surface area is 103 Å². The van der Waals surface area contributed by atoms with Crippen LogP contribution in [0.3, 0.4) is 0 Å².